The average Bonchev–Trinajstić information content (AvgIpc) is 2.39. The summed E-state index contributed by atoms with van der Waals surface area (Å²) in [4.78, 5) is 14.1. The van der Waals surface area contributed by atoms with Crippen LogP contribution in [0.4, 0.5) is 0 Å². The number of nitriles is 1. The van der Waals surface area contributed by atoms with E-state index in [0.29, 0.717) is 12.1 Å². The van der Waals surface area contributed by atoms with Gasteiger partial charge in [0.2, 0.25) is 5.91 Å². The van der Waals surface area contributed by atoms with Gasteiger partial charge >= 0.3 is 0 Å². The summed E-state index contributed by atoms with van der Waals surface area (Å²) in [5.74, 6) is 0.234. The standard InChI is InChI=1S/C14H23N3O/c1-3-4-7-16-14(18)13-6-5-8-17(11-13)10-12(2)9-15/h13H,2-8,10-11H2,1H3,(H,16,18). The Morgan fingerprint density at radius 2 is 2.39 bits per heavy atom. The van der Waals surface area contributed by atoms with E-state index in [0.717, 1.165) is 45.3 Å². The van der Waals surface area contributed by atoms with Crippen molar-refractivity contribution in [3.05, 3.63) is 12.2 Å². The smallest absolute Gasteiger partial charge is 0.224 e. The zero-order chi connectivity index (χ0) is 13.4. The highest BCUT2D eigenvalue weighted by atomic mass is 16.1. The first-order valence-corrected chi connectivity index (χ1v) is 6.75. The highest BCUT2D eigenvalue weighted by Crippen LogP contribution is 2.17. The zero-order valence-electron chi connectivity index (χ0n) is 11.2. The molecule has 1 aliphatic heterocycles. The molecule has 1 fully saturated rings. The Bertz CT molecular complexity index is 332. The van der Waals surface area contributed by atoms with Crippen molar-refractivity contribution in [2.24, 2.45) is 5.92 Å². The Hall–Kier alpha value is -1.34. The van der Waals surface area contributed by atoms with Crippen LogP contribution in [0.15, 0.2) is 12.2 Å². The van der Waals surface area contributed by atoms with Gasteiger partial charge in [0.1, 0.15) is 0 Å². The minimum absolute atomic E-state index is 0.0714. The van der Waals surface area contributed by atoms with Crippen molar-refractivity contribution >= 4 is 5.91 Å². The number of hydrogen-bond donors (Lipinski definition) is 1. The molecule has 1 unspecified atom stereocenters. The van der Waals surface area contributed by atoms with E-state index in [4.69, 9.17) is 5.26 Å². The Kier molecular flexibility index (Phi) is 6.45. The van der Waals surface area contributed by atoms with Crippen LogP contribution in [0.1, 0.15) is 32.6 Å². The molecule has 4 heteroatoms. The topological polar surface area (TPSA) is 56.1 Å². The van der Waals surface area contributed by atoms with Crippen molar-refractivity contribution < 1.29 is 4.79 Å². The molecule has 0 spiro atoms. The summed E-state index contributed by atoms with van der Waals surface area (Å²) in [7, 11) is 0. The molecule has 4 nitrogen and oxygen atoms in total. The first-order valence-electron chi connectivity index (χ1n) is 6.75. The molecule has 1 rings (SSSR count). The SMILES string of the molecule is C=C(C#N)CN1CCCC(C(=O)NCCCC)C1. The second-order valence-electron chi connectivity index (χ2n) is 4.93. The minimum atomic E-state index is 0.0714. The molecule has 1 aliphatic rings. The molecule has 18 heavy (non-hydrogen) atoms. The molecule has 0 aromatic carbocycles. The summed E-state index contributed by atoms with van der Waals surface area (Å²) < 4.78 is 0. The highest BCUT2D eigenvalue weighted by molar-refractivity contribution is 5.78. The molecular formula is C14H23N3O. The fourth-order valence-electron chi connectivity index (χ4n) is 2.25. The maximum atomic E-state index is 11.9. The first-order chi connectivity index (χ1) is 8.67. The number of amides is 1. The molecule has 0 saturated carbocycles. The van der Waals surface area contributed by atoms with Crippen molar-refractivity contribution in [1.82, 2.24) is 10.2 Å². The Morgan fingerprint density at radius 1 is 1.61 bits per heavy atom. The number of nitrogens with zero attached hydrogens (tertiary/aromatic N) is 2. The normalized spacial score (nSPS) is 20.1. The minimum Gasteiger partial charge on any atom is -0.356 e. The van der Waals surface area contributed by atoms with Gasteiger partial charge in [-0.15, -0.1) is 0 Å². The summed E-state index contributed by atoms with van der Waals surface area (Å²) >= 11 is 0. The molecule has 1 amide bonds. The molecule has 0 aliphatic carbocycles. The third kappa shape index (κ3) is 4.89. The van der Waals surface area contributed by atoms with Crippen LogP contribution in [0, 0.1) is 17.2 Å². The lowest BCUT2D eigenvalue weighted by molar-refractivity contribution is -0.126. The average molecular weight is 249 g/mol. The molecule has 0 bridgehead atoms. The van der Waals surface area contributed by atoms with Crippen molar-refractivity contribution in [1.29, 1.82) is 5.26 Å². The van der Waals surface area contributed by atoms with Gasteiger partial charge in [-0.3, -0.25) is 9.69 Å². The van der Waals surface area contributed by atoms with Gasteiger partial charge in [-0.25, -0.2) is 0 Å². The van der Waals surface area contributed by atoms with E-state index in [2.05, 4.69) is 29.8 Å². The van der Waals surface area contributed by atoms with Crippen LogP contribution >= 0.6 is 0 Å². The zero-order valence-corrected chi connectivity index (χ0v) is 11.2. The Morgan fingerprint density at radius 3 is 3.06 bits per heavy atom. The molecule has 0 aromatic rings. The van der Waals surface area contributed by atoms with Crippen molar-refractivity contribution in [3.8, 4) is 6.07 Å². The lowest BCUT2D eigenvalue weighted by atomic mass is 9.96. The van der Waals surface area contributed by atoms with Crippen LogP contribution < -0.4 is 5.32 Å². The summed E-state index contributed by atoms with van der Waals surface area (Å²) in [5.41, 5.74) is 0.571. The van der Waals surface area contributed by atoms with E-state index in [1.54, 1.807) is 0 Å². The highest BCUT2D eigenvalue weighted by Gasteiger charge is 2.25. The van der Waals surface area contributed by atoms with Gasteiger partial charge in [0.05, 0.1) is 12.0 Å². The third-order valence-corrected chi connectivity index (χ3v) is 3.28. The predicted molar refractivity (Wildman–Crippen MR) is 71.8 cm³/mol. The van der Waals surface area contributed by atoms with Crippen molar-refractivity contribution in [2.75, 3.05) is 26.2 Å². The summed E-state index contributed by atoms with van der Waals surface area (Å²) in [5, 5.41) is 11.7. The summed E-state index contributed by atoms with van der Waals surface area (Å²) in [6.45, 7) is 8.88. The molecule has 0 radical (unpaired) electrons. The fraction of sp³-hybridized carbons (Fsp3) is 0.714. The van der Waals surface area contributed by atoms with Crippen LogP contribution in [-0.4, -0.2) is 37.0 Å². The third-order valence-electron chi connectivity index (χ3n) is 3.28. The van der Waals surface area contributed by atoms with Crippen LogP contribution in [0.2, 0.25) is 0 Å². The number of rotatable bonds is 6. The van der Waals surface area contributed by atoms with Gasteiger partial charge < -0.3 is 5.32 Å². The van der Waals surface area contributed by atoms with E-state index < -0.39 is 0 Å². The van der Waals surface area contributed by atoms with E-state index >= 15 is 0 Å². The predicted octanol–water partition coefficient (Wildman–Crippen LogP) is 1.69. The number of carbonyl (C=O) groups excluding carboxylic acids is 1. The molecule has 1 atom stereocenters. The van der Waals surface area contributed by atoms with E-state index in [9.17, 15) is 4.79 Å². The second-order valence-corrected chi connectivity index (χ2v) is 4.93. The van der Waals surface area contributed by atoms with Gasteiger partial charge in [0.15, 0.2) is 0 Å². The Labute approximate surface area is 110 Å². The van der Waals surface area contributed by atoms with E-state index in [1.807, 2.05) is 0 Å². The van der Waals surface area contributed by atoms with E-state index in [1.165, 1.54) is 0 Å². The molecular weight excluding hydrogens is 226 g/mol. The van der Waals surface area contributed by atoms with Gasteiger partial charge in [-0.2, -0.15) is 5.26 Å². The first kappa shape index (κ1) is 14.7. The number of nitrogens with one attached hydrogen (secondary N) is 1. The van der Waals surface area contributed by atoms with Gasteiger partial charge in [-0.1, -0.05) is 19.9 Å². The molecule has 1 heterocycles. The summed E-state index contributed by atoms with van der Waals surface area (Å²) in [6.07, 6.45) is 4.10. The van der Waals surface area contributed by atoms with Crippen LogP contribution in [-0.2, 0) is 4.79 Å². The van der Waals surface area contributed by atoms with Gasteiger partial charge in [0, 0.05) is 25.2 Å². The van der Waals surface area contributed by atoms with Crippen LogP contribution in [0.3, 0.4) is 0 Å². The van der Waals surface area contributed by atoms with Crippen molar-refractivity contribution in [3.63, 3.8) is 0 Å². The lowest BCUT2D eigenvalue weighted by Crippen LogP contribution is -2.43. The molecule has 1 N–H and O–H groups in total. The van der Waals surface area contributed by atoms with Gasteiger partial charge in [-0.05, 0) is 25.8 Å². The van der Waals surface area contributed by atoms with Crippen LogP contribution in [0.25, 0.3) is 0 Å². The maximum Gasteiger partial charge on any atom is 0.224 e. The second kappa shape index (κ2) is 7.88. The molecule has 100 valence electrons. The van der Waals surface area contributed by atoms with Crippen LogP contribution in [0.5, 0.6) is 0 Å². The lowest BCUT2D eigenvalue weighted by Gasteiger charge is -2.31. The quantitative estimate of drug-likeness (QED) is 0.576. The molecule has 0 aromatic heterocycles. The van der Waals surface area contributed by atoms with Gasteiger partial charge in [0.25, 0.3) is 0 Å². The number of carbonyl (C=O) groups is 1. The van der Waals surface area contributed by atoms with Crippen molar-refractivity contribution in [2.45, 2.75) is 32.6 Å². The summed E-state index contributed by atoms with van der Waals surface area (Å²) in [6, 6.07) is 2.06. The monoisotopic (exact) mass is 249 g/mol. The number of hydrogen-bond acceptors (Lipinski definition) is 3. The number of unbranched alkanes of at least 4 members (excludes halogenated alkanes) is 1. The fourth-order valence-corrected chi connectivity index (χ4v) is 2.25. The van der Waals surface area contributed by atoms with E-state index in [-0.39, 0.29) is 11.8 Å². The molecule has 1 saturated heterocycles. The largest absolute Gasteiger partial charge is 0.356 e. The number of piperidine rings is 1. The Balaban J connectivity index is 2.36. The maximum absolute atomic E-state index is 11.9. The number of likely N-dealkylation sites (tertiary alicyclic amines) is 1.